The number of aromatic nitrogens is 3. The molecule has 0 unspecified atom stereocenters. The predicted octanol–water partition coefficient (Wildman–Crippen LogP) is 3.58. The van der Waals surface area contributed by atoms with Crippen molar-refractivity contribution in [2.24, 2.45) is 0 Å². The summed E-state index contributed by atoms with van der Waals surface area (Å²) >= 11 is 17.3. The highest BCUT2D eigenvalue weighted by molar-refractivity contribution is 6.31. The number of rotatable bonds is 3. The van der Waals surface area contributed by atoms with Gasteiger partial charge in [-0.2, -0.15) is 15.0 Å². The molecule has 0 spiro atoms. The zero-order chi connectivity index (χ0) is 13.1. The van der Waals surface area contributed by atoms with E-state index in [-0.39, 0.29) is 16.5 Å². The van der Waals surface area contributed by atoms with Gasteiger partial charge in [-0.3, -0.25) is 0 Å². The molecule has 1 aromatic heterocycles. The molecule has 0 saturated heterocycles. The maximum absolute atomic E-state index is 5.90. The van der Waals surface area contributed by atoms with Crippen LogP contribution in [0.4, 0.5) is 11.6 Å². The average molecular weight is 306 g/mol. The van der Waals surface area contributed by atoms with Crippen LogP contribution in [-0.2, 0) is 0 Å². The summed E-state index contributed by atoms with van der Waals surface area (Å²) in [7, 11) is 1.54. The van der Waals surface area contributed by atoms with Crippen LogP contribution in [0.3, 0.4) is 0 Å². The smallest absolute Gasteiger partial charge is 0.232 e. The Hall–Kier alpha value is -1.30. The second kappa shape index (κ2) is 5.56. The Morgan fingerprint density at radius 1 is 1.06 bits per heavy atom. The molecule has 8 heteroatoms. The quantitative estimate of drug-likeness (QED) is 0.939. The van der Waals surface area contributed by atoms with Gasteiger partial charge in [-0.1, -0.05) is 11.6 Å². The van der Waals surface area contributed by atoms with Crippen LogP contribution in [0.15, 0.2) is 18.2 Å². The van der Waals surface area contributed by atoms with Gasteiger partial charge in [0.05, 0.1) is 12.8 Å². The van der Waals surface area contributed by atoms with E-state index >= 15 is 0 Å². The molecule has 1 N–H and O–H groups in total. The largest absolute Gasteiger partial charge is 0.495 e. The van der Waals surface area contributed by atoms with E-state index in [4.69, 9.17) is 39.5 Å². The molecule has 0 aliphatic carbocycles. The zero-order valence-electron chi connectivity index (χ0n) is 9.12. The first kappa shape index (κ1) is 13.1. The van der Waals surface area contributed by atoms with E-state index < -0.39 is 0 Å². The highest BCUT2D eigenvalue weighted by atomic mass is 35.5. The fourth-order valence-corrected chi connectivity index (χ4v) is 1.82. The Labute approximate surface area is 118 Å². The van der Waals surface area contributed by atoms with Gasteiger partial charge in [0, 0.05) is 5.02 Å². The normalized spacial score (nSPS) is 10.2. The van der Waals surface area contributed by atoms with Crippen LogP contribution in [0, 0.1) is 0 Å². The van der Waals surface area contributed by atoms with Gasteiger partial charge in [0.2, 0.25) is 16.5 Å². The van der Waals surface area contributed by atoms with Crippen molar-refractivity contribution < 1.29 is 4.74 Å². The predicted molar refractivity (Wildman–Crippen MR) is 71.1 cm³/mol. The zero-order valence-corrected chi connectivity index (χ0v) is 11.4. The molecular formula is C10H7Cl3N4O. The van der Waals surface area contributed by atoms with Crippen molar-refractivity contribution in [2.75, 3.05) is 12.4 Å². The topological polar surface area (TPSA) is 59.9 Å². The highest BCUT2D eigenvalue weighted by Gasteiger charge is 2.08. The van der Waals surface area contributed by atoms with Crippen LogP contribution in [0.1, 0.15) is 0 Å². The van der Waals surface area contributed by atoms with Gasteiger partial charge in [-0.15, -0.1) is 0 Å². The highest BCUT2D eigenvalue weighted by Crippen LogP contribution is 2.29. The second-order valence-electron chi connectivity index (χ2n) is 3.17. The molecule has 18 heavy (non-hydrogen) atoms. The monoisotopic (exact) mass is 304 g/mol. The Kier molecular flexibility index (Phi) is 4.06. The summed E-state index contributed by atoms with van der Waals surface area (Å²) < 4.78 is 5.17. The molecular weight excluding hydrogens is 298 g/mol. The number of halogens is 3. The molecule has 2 rings (SSSR count). The molecule has 0 amide bonds. The SMILES string of the molecule is COc1ccc(Cl)cc1Nc1nc(Cl)nc(Cl)n1. The van der Waals surface area contributed by atoms with Crippen molar-refractivity contribution in [1.82, 2.24) is 15.0 Å². The number of hydrogen-bond acceptors (Lipinski definition) is 5. The van der Waals surface area contributed by atoms with Gasteiger partial charge in [-0.05, 0) is 41.4 Å². The van der Waals surface area contributed by atoms with E-state index in [2.05, 4.69) is 20.3 Å². The van der Waals surface area contributed by atoms with Crippen molar-refractivity contribution >= 4 is 46.4 Å². The van der Waals surface area contributed by atoms with Crippen LogP contribution < -0.4 is 10.1 Å². The molecule has 5 nitrogen and oxygen atoms in total. The fraction of sp³-hybridized carbons (Fsp3) is 0.100. The second-order valence-corrected chi connectivity index (χ2v) is 4.28. The van der Waals surface area contributed by atoms with Crippen LogP contribution in [0.2, 0.25) is 15.6 Å². The Morgan fingerprint density at radius 2 is 1.72 bits per heavy atom. The molecule has 0 radical (unpaired) electrons. The number of nitrogens with zero attached hydrogens (tertiary/aromatic N) is 3. The summed E-state index contributed by atoms with van der Waals surface area (Å²) in [5.41, 5.74) is 0.600. The molecule has 1 aromatic carbocycles. The molecule has 1 heterocycles. The number of nitrogens with one attached hydrogen (secondary N) is 1. The summed E-state index contributed by atoms with van der Waals surface area (Å²) in [4.78, 5) is 11.4. The number of hydrogen-bond donors (Lipinski definition) is 1. The third-order valence-electron chi connectivity index (χ3n) is 1.99. The Balaban J connectivity index is 2.35. The minimum absolute atomic E-state index is 0.00139. The van der Waals surface area contributed by atoms with Crippen LogP contribution >= 0.6 is 34.8 Å². The van der Waals surface area contributed by atoms with Gasteiger partial charge >= 0.3 is 0 Å². The molecule has 0 aliphatic heterocycles. The van der Waals surface area contributed by atoms with Crippen molar-refractivity contribution in [3.05, 3.63) is 33.8 Å². The van der Waals surface area contributed by atoms with Gasteiger partial charge < -0.3 is 10.1 Å². The van der Waals surface area contributed by atoms with Crippen LogP contribution in [0.5, 0.6) is 5.75 Å². The molecule has 0 atom stereocenters. The third-order valence-corrected chi connectivity index (χ3v) is 2.56. The van der Waals surface area contributed by atoms with Gasteiger partial charge in [0.15, 0.2) is 0 Å². The van der Waals surface area contributed by atoms with E-state index in [9.17, 15) is 0 Å². The van der Waals surface area contributed by atoms with Crippen LogP contribution in [-0.4, -0.2) is 22.1 Å². The number of anilines is 2. The number of methoxy groups -OCH3 is 1. The van der Waals surface area contributed by atoms with Gasteiger partial charge in [0.1, 0.15) is 5.75 Å². The molecule has 0 aliphatic rings. The van der Waals surface area contributed by atoms with E-state index in [1.165, 1.54) is 0 Å². The summed E-state index contributed by atoms with van der Waals surface area (Å²) in [5, 5.41) is 3.45. The summed E-state index contributed by atoms with van der Waals surface area (Å²) in [6.45, 7) is 0. The number of ether oxygens (including phenoxy) is 1. The average Bonchev–Trinajstić information content (AvgIpc) is 2.27. The lowest BCUT2D eigenvalue weighted by Gasteiger charge is -2.10. The first-order chi connectivity index (χ1) is 8.58. The fourth-order valence-electron chi connectivity index (χ4n) is 1.28. The maximum atomic E-state index is 5.90. The van der Waals surface area contributed by atoms with Crippen molar-refractivity contribution in [2.45, 2.75) is 0 Å². The van der Waals surface area contributed by atoms with Crippen LogP contribution in [0.25, 0.3) is 0 Å². The first-order valence-corrected chi connectivity index (χ1v) is 5.89. The van der Waals surface area contributed by atoms with E-state index in [1.807, 2.05) is 0 Å². The Bertz CT molecular complexity index is 559. The van der Waals surface area contributed by atoms with Crippen molar-refractivity contribution in [1.29, 1.82) is 0 Å². The minimum Gasteiger partial charge on any atom is -0.495 e. The third kappa shape index (κ3) is 3.13. The standard InChI is InChI=1S/C10H7Cl3N4O/c1-18-7-3-2-5(11)4-6(7)14-10-16-8(12)15-9(13)17-10/h2-4H,1H3,(H,14,15,16,17). The summed E-state index contributed by atoms with van der Waals surface area (Å²) in [6, 6.07) is 5.10. The van der Waals surface area contributed by atoms with E-state index in [0.717, 1.165) is 0 Å². The maximum Gasteiger partial charge on any atom is 0.232 e. The number of benzene rings is 1. The molecule has 0 bridgehead atoms. The lowest BCUT2D eigenvalue weighted by molar-refractivity contribution is 0.417. The molecule has 94 valence electrons. The lowest BCUT2D eigenvalue weighted by Crippen LogP contribution is -2.01. The lowest BCUT2D eigenvalue weighted by atomic mass is 10.3. The minimum atomic E-state index is -0.00139. The molecule has 0 fully saturated rings. The Morgan fingerprint density at radius 3 is 2.33 bits per heavy atom. The van der Waals surface area contributed by atoms with Crippen molar-refractivity contribution in [3.63, 3.8) is 0 Å². The summed E-state index contributed by atoms with van der Waals surface area (Å²) in [6.07, 6.45) is 0. The molecule has 2 aromatic rings. The molecule has 0 saturated carbocycles. The first-order valence-electron chi connectivity index (χ1n) is 4.76. The van der Waals surface area contributed by atoms with Gasteiger partial charge in [-0.25, -0.2) is 0 Å². The summed E-state index contributed by atoms with van der Waals surface area (Å²) in [5.74, 6) is 0.799. The van der Waals surface area contributed by atoms with E-state index in [1.54, 1.807) is 25.3 Å². The van der Waals surface area contributed by atoms with Gasteiger partial charge in [0.25, 0.3) is 0 Å². The van der Waals surface area contributed by atoms with E-state index in [0.29, 0.717) is 16.5 Å². The van der Waals surface area contributed by atoms with Crippen molar-refractivity contribution in [3.8, 4) is 5.75 Å².